The first-order chi connectivity index (χ1) is 5.61. The molecule has 0 aliphatic heterocycles. The standard InChI is InChI=1S/C11H23Cl/c1-5-7-11(6-2)9(3)8-10(4)12/h9-11H,5-8H2,1-4H3. The van der Waals surface area contributed by atoms with Crippen LogP contribution in [-0.2, 0) is 0 Å². The van der Waals surface area contributed by atoms with Gasteiger partial charge in [-0.1, -0.05) is 40.0 Å². The van der Waals surface area contributed by atoms with Crippen LogP contribution in [0.4, 0.5) is 0 Å². The van der Waals surface area contributed by atoms with Gasteiger partial charge in [-0.3, -0.25) is 0 Å². The highest BCUT2D eigenvalue weighted by Crippen LogP contribution is 2.26. The maximum Gasteiger partial charge on any atom is 0.0310 e. The summed E-state index contributed by atoms with van der Waals surface area (Å²) in [6.07, 6.45) is 5.14. The van der Waals surface area contributed by atoms with E-state index in [0.29, 0.717) is 5.38 Å². The van der Waals surface area contributed by atoms with E-state index in [4.69, 9.17) is 11.6 Å². The summed E-state index contributed by atoms with van der Waals surface area (Å²) in [5.74, 6) is 1.68. The predicted molar refractivity (Wildman–Crippen MR) is 57.8 cm³/mol. The quantitative estimate of drug-likeness (QED) is 0.543. The van der Waals surface area contributed by atoms with Crippen LogP contribution in [0, 0.1) is 11.8 Å². The minimum atomic E-state index is 0.339. The first kappa shape index (κ1) is 12.3. The molecule has 0 amide bonds. The van der Waals surface area contributed by atoms with Crippen LogP contribution < -0.4 is 0 Å². The SMILES string of the molecule is CCCC(CC)C(C)CC(C)Cl. The molecule has 0 aliphatic rings. The van der Waals surface area contributed by atoms with E-state index >= 15 is 0 Å². The van der Waals surface area contributed by atoms with E-state index in [-0.39, 0.29) is 0 Å². The average molecular weight is 191 g/mol. The summed E-state index contributed by atoms with van der Waals surface area (Å²) in [5, 5.41) is 0.339. The molecule has 0 fully saturated rings. The second-order valence-corrected chi connectivity index (χ2v) is 4.70. The maximum absolute atomic E-state index is 5.97. The molecule has 0 saturated carbocycles. The van der Waals surface area contributed by atoms with Crippen LogP contribution in [0.5, 0.6) is 0 Å². The lowest BCUT2D eigenvalue weighted by Crippen LogP contribution is -2.13. The molecule has 0 rings (SSSR count). The molecular weight excluding hydrogens is 168 g/mol. The molecule has 0 aromatic carbocycles. The van der Waals surface area contributed by atoms with Crippen molar-refractivity contribution in [1.29, 1.82) is 0 Å². The largest absolute Gasteiger partial charge is 0.123 e. The fourth-order valence-corrected chi connectivity index (χ4v) is 2.25. The summed E-state index contributed by atoms with van der Waals surface area (Å²) in [6.45, 7) is 8.98. The molecule has 0 radical (unpaired) electrons. The number of hydrogen-bond donors (Lipinski definition) is 0. The van der Waals surface area contributed by atoms with Crippen LogP contribution in [0.2, 0.25) is 0 Å². The molecule has 0 N–H and O–H groups in total. The first-order valence-corrected chi connectivity index (χ1v) is 5.69. The Bertz CT molecular complexity index is 99.2. The van der Waals surface area contributed by atoms with Crippen molar-refractivity contribution in [3.63, 3.8) is 0 Å². The zero-order valence-electron chi connectivity index (χ0n) is 8.94. The highest BCUT2D eigenvalue weighted by Gasteiger charge is 2.15. The third-order valence-electron chi connectivity index (χ3n) is 2.69. The second kappa shape index (κ2) is 6.77. The van der Waals surface area contributed by atoms with Gasteiger partial charge in [0.15, 0.2) is 0 Å². The molecule has 0 saturated heterocycles. The van der Waals surface area contributed by atoms with Crippen molar-refractivity contribution in [1.82, 2.24) is 0 Å². The Balaban J connectivity index is 3.76. The van der Waals surface area contributed by atoms with Gasteiger partial charge < -0.3 is 0 Å². The van der Waals surface area contributed by atoms with Crippen LogP contribution in [0.1, 0.15) is 53.4 Å². The molecule has 0 aliphatic carbocycles. The molecule has 12 heavy (non-hydrogen) atoms. The topological polar surface area (TPSA) is 0 Å². The van der Waals surface area contributed by atoms with Crippen molar-refractivity contribution < 1.29 is 0 Å². The Morgan fingerprint density at radius 1 is 1.17 bits per heavy atom. The van der Waals surface area contributed by atoms with E-state index in [9.17, 15) is 0 Å². The van der Waals surface area contributed by atoms with Gasteiger partial charge in [0.05, 0.1) is 0 Å². The van der Waals surface area contributed by atoms with Gasteiger partial charge in [-0.25, -0.2) is 0 Å². The smallest absolute Gasteiger partial charge is 0.0310 e. The molecule has 74 valence electrons. The third kappa shape index (κ3) is 5.03. The molecule has 0 heterocycles. The maximum atomic E-state index is 5.97. The zero-order valence-corrected chi connectivity index (χ0v) is 9.69. The molecule has 0 spiro atoms. The van der Waals surface area contributed by atoms with E-state index in [1.807, 2.05) is 0 Å². The predicted octanol–water partition coefficient (Wildman–Crippen LogP) is 4.47. The van der Waals surface area contributed by atoms with Gasteiger partial charge in [0, 0.05) is 5.38 Å². The average Bonchev–Trinajstić information content (AvgIpc) is 1.98. The van der Waals surface area contributed by atoms with Crippen LogP contribution >= 0.6 is 11.6 Å². The van der Waals surface area contributed by atoms with E-state index < -0.39 is 0 Å². The molecule has 0 aromatic rings. The lowest BCUT2D eigenvalue weighted by atomic mass is 9.85. The van der Waals surface area contributed by atoms with Crippen LogP contribution in [0.15, 0.2) is 0 Å². The normalized spacial score (nSPS) is 18.8. The molecule has 3 atom stereocenters. The number of rotatable bonds is 6. The van der Waals surface area contributed by atoms with Gasteiger partial charge in [-0.05, 0) is 25.2 Å². The lowest BCUT2D eigenvalue weighted by molar-refractivity contribution is 0.306. The summed E-state index contributed by atoms with van der Waals surface area (Å²) in [4.78, 5) is 0. The van der Waals surface area contributed by atoms with Gasteiger partial charge in [0.25, 0.3) is 0 Å². The molecule has 0 nitrogen and oxygen atoms in total. The van der Waals surface area contributed by atoms with Crippen LogP contribution in [0.25, 0.3) is 0 Å². The Kier molecular flexibility index (Phi) is 6.93. The minimum Gasteiger partial charge on any atom is -0.123 e. The van der Waals surface area contributed by atoms with Gasteiger partial charge in [-0.15, -0.1) is 11.6 Å². The molecular formula is C11H23Cl. The van der Waals surface area contributed by atoms with Crippen molar-refractivity contribution in [2.45, 2.75) is 58.8 Å². The number of hydrogen-bond acceptors (Lipinski definition) is 0. The van der Waals surface area contributed by atoms with Crippen molar-refractivity contribution in [2.75, 3.05) is 0 Å². The highest BCUT2D eigenvalue weighted by molar-refractivity contribution is 6.20. The van der Waals surface area contributed by atoms with Crippen molar-refractivity contribution in [3.05, 3.63) is 0 Å². The van der Waals surface area contributed by atoms with Crippen LogP contribution in [0.3, 0.4) is 0 Å². The van der Waals surface area contributed by atoms with Gasteiger partial charge in [-0.2, -0.15) is 0 Å². The van der Waals surface area contributed by atoms with Crippen LogP contribution in [-0.4, -0.2) is 5.38 Å². The van der Waals surface area contributed by atoms with E-state index in [1.165, 1.54) is 25.7 Å². The molecule has 1 heteroatoms. The Morgan fingerprint density at radius 2 is 1.75 bits per heavy atom. The van der Waals surface area contributed by atoms with E-state index in [0.717, 1.165) is 11.8 Å². The Hall–Kier alpha value is 0.290. The number of halogens is 1. The molecule has 3 unspecified atom stereocenters. The van der Waals surface area contributed by atoms with Crippen molar-refractivity contribution in [3.8, 4) is 0 Å². The molecule has 0 aromatic heterocycles. The monoisotopic (exact) mass is 190 g/mol. The van der Waals surface area contributed by atoms with E-state index in [1.54, 1.807) is 0 Å². The number of alkyl halides is 1. The Labute approximate surface area is 82.7 Å². The van der Waals surface area contributed by atoms with Gasteiger partial charge >= 0.3 is 0 Å². The Morgan fingerprint density at radius 3 is 2.08 bits per heavy atom. The summed E-state index contributed by atoms with van der Waals surface area (Å²) in [6, 6.07) is 0. The lowest BCUT2D eigenvalue weighted by Gasteiger charge is -2.22. The van der Waals surface area contributed by atoms with Crippen molar-refractivity contribution >= 4 is 11.6 Å². The summed E-state index contributed by atoms with van der Waals surface area (Å²) in [7, 11) is 0. The fraction of sp³-hybridized carbons (Fsp3) is 1.00. The van der Waals surface area contributed by atoms with Crippen molar-refractivity contribution in [2.24, 2.45) is 11.8 Å². The van der Waals surface area contributed by atoms with Gasteiger partial charge in [0.2, 0.25) is 0 Å². The van der Waals surface area contributed by atoms with Gasteiger partial charge in [0.1, 0.15) is 0 Å². The fourth-order valence-electron chi connectivity index (χ4n) is 1.97. The summed E-state index contributed by atoms with van der Waals surface area (Å²) in [5.41, 5.74) is 0. The minimum absolute atomic E-state index is 0.339. The zero-order chi connectivity index (χ0) is 9.56. The summed E-state index contributed by atoms with van der Waals surface area (Å²) >= 11 is 5.97. The van der Waals surface area contributed by atoms with E-state index in [2.05, 4.69) is 27.7 Å². The molecule has 0 bridgehead atoms. The first-order valence-electron chi connectivity index (χ1n) is 5.25. The summed E-state index contributed by atoms with van der Waals surface area (Å²) < 4.78 is 0. The highest BCUT2D eigenvalue weighted by atomic mass is 35.5. The third-order valence-corrected chi connectivity index (χ3v) is 2.86. The second-order valence-electron chi connectivity index (χ2n) is 3.95.